The van der Waals surface area contributed by atoms with Crippen LogP contribution in [0, 0.1) is 25.2 Å². The number of aryl methyl sites for hydroxylation is 1. The van der Waals surface area contributed by atoms with E-state index < -0.39 is 11.9 Å². The van der Waals surface area contributed by atoms with Gasteiger partial charge in [-0.1, -0.05) is 0 Å². The van der Waals surface area contributed by atoms with E-state index in [1.54, 1.807) is 18.5 Å². The van der Waals surface area contributed by atoms with Crippen LogP contribution >= 0.6 is 0 Å². The second kappa shape index (κ2) is 6.58. The normalized spacial score (nSPS) is 10.9. The van der Waals surface area contributed by atoms with Gasteiger partial charge in [0.05, 0.1) is 11.9 Å². The monoisotopic (exact) mass is 309 g/mol. The Labute approximate surface area is 133 Å². The summed E-state index contributed by atoms with van der Waals surface area (Å²) in [5.74, 6) is -0.828. The van der Waals surface area contributed by atoms with Crippen LogP contribution < -0.4 is 11.1 Å². The lowest BCUT2D eigenvalue weighted by Crippen LogP contribution is -2.35. The molecule has 2 rings (SSSR count). The summed E-state index contributed by atoms with van der Waals surface area (Å²) in [5, 5.41) is 11.0. The van der Waals surface area contributed by atoms with E-state index in [4.69, 9.17) is 11.0 Å². The van der Waals surface area contributed by atoms with E-state index in [-0.39, 0.29) is 5.57 Å². The van der Waals surface area contributed by atoms with Crippen LogP contribution in [0.2, 0.25) is 0 Å². The lowest BCUT2D eigenvalue weighted by Gasteiger charge is -2.08. The van der Waals surface area contributed by atoms with Gasteiger partial charge in [0.2, 0.25) is 0 Å². The van der Waals surface area contributed by atoms with Gasteiger partial charge in [-0.15, -0.1) is 0 Å². The Kier molecular flexibility index (Phi) is 4.57. The average Bonchev–Trinajstić information content (AvgIpc) is 2.79. The van der Waals surface area contributed by atoms with Crippen molar-refractivity contribution in [3.05, 3.63) is 53.1 Å². The summed E-state index contributed by atoms with van der Waals surface area (Å²) in [7, 11) is 0. The van der Waals surface area contributed by atoms with Crippen molar-refractivity contribution in [3.8, 4) is 11.8 Å². The lowest BCUT2D eigenvalue weighted by molar-refractivity contribution is -0.115. The molecule has 116 valence electrons. The fourth-order valence-corrected chi connectivity index (χ4v) is 2.30. The smallest absolute Gasteiger partial charge is 0.319 e. The van der Waals surface area contributed by atoms with Crippen LogP contribution in [0.5, 0.6) is 0 Å². The predicted molar refractivity (Wildman–Crippen MR) is 84.4 cm³/mol. The molecule has 0 radical (unpaired) electrons. The molecule has 0 saturated heterocycles. The molecule has 0 aliphatic rings. The Morgan fingerprint density at radius 1 is 1.43 bits per heavy atom. The molecule has 0 saturated carbocycles. The zero-order valence-corrected chi connectivity index (χ0v) is 12.7. The molecule has 23 heavy (non-hydrogen) atoms. The lowest BCUT2D eigenvalue weighted by atomic mass is 10.1. The molecule has 7 heteroatoms. The number of nitrogens with zero attached hydrogens (tertiary/aromatic N) is 3. The molecule has 0 spiro atoms. The first-order valence-corrected chi connectivity index (χ1v) is 6.76. The van der Waals surface area contributed by atoms with Crippen molar-refractivity contribution in [2.45, 2.75) is 13.8 Å². The second-order valence-corrected chi connectivity index (χ2v) is 4.86. The highest BCUT2D eigenvalue weighted by atomic mass is 16.2. The van der Waals surface area contributed by atoms with Gasteiger partial charge >= 0.3 is 6.03 Å². The number of amides is 3. The molecular formula is C16H15N5O2. The fourth-order valence-electron chi connectivity index (χ4n) is 2.30. The van der Waals surface area contributed by atoms with Crippen molar-refractivity contribution >= 4 is 18.0 Å². The molecule has 2 aromatic heterocycles. The van der Waals surface area contributed by atoms with Crippen molar-refractivity contribution in [3.63, 3.8) is 0 Å². The number of nitrogens with one attached hydrogen (secondary N) is 1. The number of imide groups is 1. The van der Waals surface area contributed by atoms with Gasteiger partial charge in [-0.05, 0) is 43.7 Å². The molecule has 0 bridgehead atoms. The highest BCUT2D eigenvalue weighted by molar-refractivity contribution is 6.08. The zero-order valence-electron chi connectivity index (χ0n) is 12.7. The van der Waals surface area contributed by atoms with Crippen molar-refractivity contribution < 1.29 is 9.59 Å². The minimum absolute atomic E-state index is 0.199. The number of carbonyl (C=O) groups is 2. The summed E-state index contributed by atoms with van der Waals surface area (Å²) in [5.41, 5.74) is 8.04. The van der Waals surface area contributed by atoms with Crippen molar-refractivity contribution in [1.82, 2.24) is 14.9 Å². The Morgan fingerprint density at radius 2 is 2.17 bits per heavy atom. The van der Waals surface area contributed by atoms with Crippen LogP contribution in [0.15, 0.2) is 36.2 Å². The number of nitrogens with two attached hydrogens (primary N) is 1. The van der Waals surface area contributed by atoms with Crippen LogP contribution in [0.25, 0.3) is 11.8 Å². The summed E-state index contributed by atoms with van der Waals surface area (Å²) in [6.45, 7) is 3.78. The van der Waals surface area contributed by atoms with Gasteiger partial charge in [-0.3, -0.25) is 15.1 Å². The van der Waals surface area contributed by atoms with Gasteiger partial charge in [0, 0.05) is 17.6 Å². The van der Waals surface area contributed by atoms with Crippen LogP contribution in [-0.2, 0) is 4.79 Å². The Balaban J connectivity index is 2.46. The minimum atomic E-state index is -1.00. The minimum Gasteiger partial charge on any atom is -0.351 e. The largest absolute Gasteiger partial charge is 0.351 e. The van der Waals surface area contributed by atoms with Gasteiger partial charge in [-0.2, -0.15) is 5.26 Å². The Bertz CT molecular complexity index is 828. The summed E-state index contributed by atoms with van der Waals surface area (Å²) in [4.78, 5) is 26.6. The van der Waals surface area contributed by atoms with Crippen molar-refractivity contribution in [1.29, 1.82) is 5.26 Å². The fraction of sp³-hybridized carbons (Fsp3) is 0.125. The van der Waals surface area contributed by atoms with Crippen molar-refractivity contribution in [2.24, 2.45) is 5.73 Å². The van der Waals surface area contributed by atoms with Gasteiger partial charge in [-0.25, -0.2) is 4.79 Å². The maximum Gasteiger partial charge on any atom is 0.319 e. The maximum atomic E-state index is 11.7. The topological polar surface area (TPSA) is 114 Å². The Morgan fingerprint density at radius 3 is 2.74 bits per heavy atom. The number of nitriles is 1. The molecule has 0 aliphatic heterocycles. The standard InChI is InChI=1S/C16H15N5O2/c1-10-6-12(7-13(8-17)15(22)20-16(18)23)11(2)21(10)14-4-3-5-19-9-14/h3-7,9H,1-2H3,(H3,18,20,22,23)/b13-7-. The van der Waals surface area contributed by atoms with Gasteiger partial charge in [0.1, 0.15) is 11.6 Å². The molecule has 7 nitrogen and oxygen atoms in total. The number of hydrogen-bond donors (Lipinski definition) is 2. The molecule has 2 heterocycles. The third-order valence-electron chi connectivity index (χ3n) is 3.28. The molecule has 0 aliphatic carbocycles. The third kappa shape index (κ3) is 3.44. The van der Waals surface area contributed by atoms with Gasteiger partial charge < -0.3 is 10.3 Å². The SMILES string of the molecule is Cc1cc(/C=C(/C#N)C(=O)NC(N)=O)c(C)n1-c1cccnc1. The average molecular weight is 309 g/mol. The third-order valence-corrected chi connectivity index (χ3v) is 3.28. The first kappa shape index (κ1) is 16.0. The summed E-state index contributed by atoms with van der Waals surface area (Å²) in [6, 6.07) is 6.35. The van der Waals surface area contributed by atoms with Crippen LogP contribution in [0.1, 0.15) is 17.0 Å². The Hall–Kier alpha value is -3.40. The molecule has 3 amide bonds. The first-order chi connectivity index (χ1) is 10.9. The van der Waals surface area contributed by atoms with E-state index in [9.17, 15) is 9.59 Å². The molecular weight excluding hydrogens is 294 g/mol. The van der Waals surface area contributed by atoms with E-state index in [1.807, 2.05) is 41.9 Å². The number of carbonyl (C=O) groups excluding carboxylic acids is 2. The second-order valence-electron chi connectivity index (χ2n) is 4.86. The quantitative estimate of drug-likeness (QED) is 0.662. The number of aromatic nitrogens is 2. The van der Waals surface area contributed by atoms with Crippen LogP contribution in [0.4, 0.5) is 4.79 Å². The number of hydrogen-bond acceptors (Lipinski definition) is 4. The van der Waals surface area contributed by atoms with Crippen LogP contribution in [-0.4, -0.2) is 21.5 Å². The molecule has 0 fully saturated rings. The first-order valence-electron chi connectivity index (χ1n) is 6.76. The highest BCUT2D eigenvalue weighted by Crippen LogP contribution is 2.22. The molecule has 0 aromatic carbocycles. The van der Waals surface area contributed by atoms with Gasteiger partial charge in [0.15, 0.2) is 0 Å². The van der Waals surface area contributed by atoms with E-state index >= 15 is 0 Å². The van der Waals surface area contributed by atoms with E-state index in [0.29, 0.717) is 5.56 Å². The number of primary amides is 1. The summed E-state index contributed by atoms with van der Waals surface area (Å²) < 4.78 is 1.96. The van der Waals surface area contributed by atoms with Crippen LogP contribution in [0.3, 0.4) is 0 Å². The van der Waals surface area contributed by atoms with E-state index in [2.05, 4.69) is 4.98 Å². The summed E-state index contributed by atoms with van der Waals surface area (Å²) >= 11 is 0. The number of urea groups is 1. The number of rotatable bonds is 3. The zero-order chi connectivity index (χ0) is 17.0. The highest BCUT2D eigenvalue weighted by Gasteiger charge is 2.14. The van der Waals surface area contributed by atoms with E-state index in [0.717, 1.165) is 17.1 Å². The summed E-state index contributed by atoms with van der Waals surface area (Å²) in [6.07, 6.45) is 4.83. The number of pyridine rings is 1. The molecule has 2 aromatic rings. The molecule has 3 N–H and O–H groups in total. The molecule has 0 unspecified atom stereocenters. The van der Waals surface area contributed by atoms with E-state index in [1.165, 1.54) is 6.08 Å². The van der Waals surface area contributed by atoms with Crippen molar-refractivity contribution in [2.75, 3.05) is 0 Å². The maximum absolute atomic E-state index is 11.7. The van der Waals surface area contributed by atoms with Gasteiger partial charge in [0.25, 0.3) is 5.91 Å². The molecule has 0 atom stereocenters. The predicted octanol–water partition coefficient (Wildman–Crippen LogP) is 1.59.